The predicted octanol–water partition coefficient (Wildman–Crippen LogP) is 0.192. The van der Waals surface area contributed by atoms with Crippen LogP contribution in [0, 0.1) is 0 Å². The molecule has 0 aromatic carbocycles. The van der Waals surface area contributed by atoms with E-state index in [1.165, 1.54) is 0 Å². The molecule has 1 aliphatic rings. The third-order valence-corrected chi connectivity index (χ3v) is 3.10. The molecule has 1 rings (SSSR count). The highest BCUT2D eigenvalue weighted by Gasteiger charge is 2.40. The number of rotatable bonds is 5. The Labute approximate surface area is 105 Å². The molecular formula is C12H18N2O4. The summed E-state index contributed by atoms with van der Waals surface area (Å²) in [7, 11) is 0. The topological polar surface area (TPSA) is 95.5 Å². The van der Waals surface area contributed by atoms with Crippen molar-refractivity contribution < 1.29 is 19.5 Å². The van der Waals surface area contributed by atoms with Gasteiger partial charge in [-0.2, -0.15) is 0 Å². The number of carboxylic acid groups (broad SMARTS) is 1. The molecule has 0 heterocycles. The van der Waals surface area contributed by atoms with Gasteiger partial charge in [0.2, 0.25) is 11.8 Å². The van der Waals surface area contributed by atoms with Crippen LogP contribution < -0.4 is 10.6 Å². The van der Waals surface area contributed by atoms with Crippen LogP contribution >= 0.6 is 0 Å². The van der Waals surface area contributed by atoms with Crippen LogP contribution in [-0.4, -0.2) is 35.0 Å². The highest BCUT2D eigenvalue weighted by atomic mass is 16.4. The van der Waals surface area contributed by atoms with Gasteiger partial charge >= 0.3 is 5.97 Å². The van der Waals surface area contributed by atoms with Gasteiger partial charge in [-0.15, -0.1) is 0 Å². The number of hydrogen-bond donors (Lipinski definition) is 3. The summed E-state index contributed by atoms with van der Waals surface area (Å²) >= 11 is 0. The third kappa shape index (κ3) is 3.58. The van der Waals surface area contributed by atoms with E-state index in [0.29, 0.717) is 12.8 Å². The maximum Gasteiger partial charge on any atom is 0.329 e. The minimum absolute atomic E-state index is 0.236. The van der Waals surface area contributed by atoms with Gasteiger partial charge in [0.25, 0.3) is 0 Å². The second-order valence-corrected chi connectivity index (χ2v) is 4.42. The Morgan fingerprint density at radius 2 is 1.83 bits per heavy atom. The van der Waals surface area contributed by atoms with E-state index in [2.05, 4.69) is 17.2 Å². The molecule has 3 N–H and O–H groups in total. The fourth-order valence-electron chi connectivity index (χ4n) is 2.10. The van der Waals surface area contributed by atoms with Gasteiger partial charge in [0.1, 0.15) is 5.54 Å². The zero-order chi connectivity index (χ0) is 13.6. The highest BCUT2D eigenvalue weighted by molar-refractivity contribution is 5.92. The quantitative estimate of drug-likeness (QED) is 0.610. The van der Waals surface area contributed by atoms with Crippen LogP contribution in [0.15, 0.2) is 12.7 Å². The summed E-state index contributed by atoms with van der Waals surface area (Å²) < 4.78 is 0. The molecule has 1 fully saturated rings. The van der Waals surface area contributed by atoms with Crippen LogP contribution in [0.3, 0.4) is 0 Å². The molecule has 1 saturated carbocycles. The lowest BCUT2D eigenvalue weighted by atomic mass is 9.81. The first-order chi connectivity index (χ1) is 8.50. The molecule has 0 bridgehead atoms. The maximum absolute atomic E-state index is 11.6. The lowest BCUT2D eigenvalue weighted by Gasteiger charge is -2.33. The molecule has 2 amide bonds. The lowest BCUT2D eigenvalue weighted by molar-refractivity contribution is -0.149. The average molecular weight is 254 g/mol. The van der Waals surface area contributed by atoms with E-state index in [0.717, 1.165) is 25.3 Å². The Bertz CT molecular complexity index is 359. The van der Waals surface area contributed by atoms with E-state index in [-0.39, 0.29) is 6.54 Å². The average Bonchev–Trinajstić information content (AvgIpc) is 2.36. The van der Waals surface area contributed by atoms with E-state index in [9.17, 15) is 19.5 Å². The summed E-state index contributed by atoms with van der Waals surface area (Å²) in [5, 5.41) is 14.1. The fraction of sp³-hybridized carbons (Fsp3) is 0.583. The molecule has 0 saturated heterocycles. The minimum atomic E-state index is -1.17. The fourth-order valence-corrected chi connectivity index (χ4v) is 2.10. The Morgan fingerprint density at radius 1 is 1.22 bits per heavy atom. The van der Waals surface area contributed by atoms with Gasteiger partial charge in [0.05, 0.1) is 6.54 Å². The van der Waals surface area contributed by atoms with Crippen molar-refractivity contribution in [2.24, 2.45) is 0 Å². The molecule has 1 aliphatic carbocycles. The molecule has 100 valence electrons. The molecular weight excluding hydrogens is 236 g/mol. The smallest absolute Gasteiger partial charge is 0.329 e. The van der Waals surface area contributed by atoms with Gasteiger partial charge in [-0.05, 0) is 18.9 Å². The Morgan fingerprint density at radius 3 is 2.33 bits per heavy atom. The number of hydrogen-bond acceptors (Lipinski definition) is 3. The molecule has 0 aromatic rings. The first-order valence-electron chi connectivity index (χ1n) is 5.95. The number of carbonyl (C=O) groups excluding carboxylic acids is 2. The monoisotopic (exact) mass is 254 g/mol. The lowest BCUT2D eigenvalue weighted by Crippen LogP contribution is -2.57. The van der Waals surface area contributed by atoms with Crippen LogP contribution in [-0.2, 0) is 14.4 Å². The van der Waals surface area contributed by atoms with Crippen LogP contribution in [0.1, 0.15) is 32.1 Å². The number of nitrogens with one attached hydrogen (secondary N) is 2. The second-order valence-electron chi connectivity index (χ2n) is 4.42. The maximum atomic E-state index is 11.6. The van der Waals surface area contributed by atoms with E-state index in [1.54, 1.807) is 0 Å². The normalized spacial score (nSPS) is 17.6. The molecule has 18 heavy (non-hydrogen) atoms. The molecule has 0 radical (unpaired) electrons. The van der Waals surface area contributed by atoms with Crippen molar-refractivity contribution >= 4 is 17.8 Å². The summed E-state index contributed by atoms with van der Waals surface area (Å²) in [6, 6.07) is 0. The van der Waals surface area contributed by atoms with E-state index >= 15 is 0 Å². The molecule has 0 aliphatic heterocycles. The van der Waals surface area contributed by atoms with E-state index in [1.807, 2.05) is 0 Å². The van der Waals surface area contributed by atoms with Crippen LogP contribution in [0.4, 0.5) is 0 Å². The molecule has 0 unspecified atom stereocenters. The number of aliphatic carboxylic acids is 1. The van der Waals surface area contributed by atoms with E-state index < -0.39 is 23.3 Å². The summed E-state index contributed by atoms with van der Waals surface area (Å²) in [4.78, 5) is 33.8. The first-order valence-corrected chi connectivity index (χ1v) is 5.95. The van der Waals surface area contributed by atoms with Crippen molar-refractivity contribution in [3.05, 3.63) is 12.7 Å². The first kappa shape index (κ1) is 14.2. The van der Waals surface area contributed by atoms with Gasteiger partial charge in [-0.25, -0.2) is 4.79 Å². The largest absolute Gasteiger partial charge is 0.480 e. The number of carbonyl (C=O) groups is 3. The highest BCUT2D eigenvalue weighted by Crippen LogP contribution is 2.28. The van der Waals surface area contributed by atoms with Crippen molar-refractivity contribution in [2.75, 3.05) is 6.54 Å². The van der Waals surface area contributed by atoms with Crippen LogP contribution in [0.25, 0.3) is 0 Å². The Kier molecular flexibility index (Phi) is 4.88. The van der Waals surface area contributed by atoms with Gasteiger partial charge < -0.3 is 15.7 Å². The van der Waals surface area contributed by atoms with Gasteiger partial charge in [0, 0.05) is 0 Å². The summed E-state index contributed by atoms with van der Waals surface area (Å²) in [5.41, 5.74) is -1.17. The van der Waals surface area contributed by atoms with E-state index in [4.69, 9.17) is 0 Å². The molecule has 0 atom stereocenters. The minimum Gasteiger partial charge on any atom is -0.480 e. The Hall–Kier alpha value is -1.85. The predicted molar refractivity (Wildman–Crippen MR) is 64.8 cm³/mol. The van der Waals surface area contributed by atoms with Crippen LogP contribution in [0.5, 0.6) is 0 Å². The van der Waals surface area contributed by atoms with Crippen molar-refractivity contribution in [3.8, 4) is 0 Å². The number of amides is 2. The van der Waals surface area contributed by atoms with Crippen molar-refractivity contribution in [3.63, 3.8) is 0 Å². The van der Waals surface area contributed by atoms with Crippen molar-refractivity contribution in [1.29, 1.82) is 0 Å². The van der Waals surface area contributed by atoms with Gasteiger partial charge in [0.15, 0.2) is 0 Å². The molecule has 0 spiro atoms. The molecule has 0 aromatic heterocycles. The summed E-state index contributed by atoms with van der Waals surface area (Å²) in [5.74, 6) is -1.96. The third-order valence-electron chi connectivity index (χ3n) is 3.10. The summed E-state index contributed by atoms with van der Waals surface area (Å²) in [6.07, 6.45) is 4.48. The number of carboxylic acids is 1. The standard InChI is InChI=1S/C12H18N2O4/c1-2-9(15)13-8-10(16)14-12(11(17)18)6-4-3-5-7-12/h2H,1,3-8H2,(H,13,15)(H,14,16)(H,17,18). The molecule has 6 nitrogen and oxygen atoms in total. The second kappa shape index (κ2) is 6.18. The van der Waals surface area contributed by atoms with Crippen LogP contribution in [0.2, 0.25) is 0 Å². The van der Waals surface area contributed by atoms with Crippen molar-refractivity contribution in [1.82, 2.24) is 10.6 Å². The summed E-state index contributed by atoms with van der Waals surface area (Å²) in [6.45, 7) is 3.02. The van der Waals surface area contributed by atoms with Gasteiger partial charge in [-0.1, -0.05) is 25.8 Å². The molecule has 6 heteroatoms. The SMILES string of the molecule is C=CC(=O)NCC(=O)NC1(C(=O)O)CCCCC1. The Balaban J connectivity index is 2.55. The van der Waals surface area contributed by atoms with Crippen molar-refractivity contribution in [2.45, 2.75) is 37.6 Å². The zero-order valence-corrected chi connectivity index (χ0v) is 10.2. The van der Waals surface area contributed by atoms with Gasteiger partial charge in [-0.3, -0.25) is 9.59 Å². The zero-order valence-electron chi connectivity index (χ0n) is 10.2.